The van der Waals surface area contributed by atoms with Crippen LogP contribution >= 0.6 is 0 Å². The van der Waals surface area contributed by atoms with E-state index in [1.54, 1.807) is 41.7 Å². The van der Waals surface area contributed by atoms with Gasteiger partial charge >= 0.3 is 6.03 Å². The molecule has 210 valence electrons. The molecular weight excluding hydrogens is 509 g/mol. The van der Waals surface area contributed by atoms with Crippen molar-refractivity contribution in [3.8, 4) is 16.9 Å². The van der Waals surface area contributed by atoms with Crippen LogP contribution in [-0.2, 0) is 11.8 Å². The number of aromatic nitrogens is 4. The highest BCUT2D eigenvalue weighted by molar-refractivity contribution is 5.91. The Morgan fingerprint density at radius 3 is 2.60 bits per heavy atom. The number of nitrogens with one attached hydrogen (secondary N) is 2. The lowest BCUT2D eigenvalue weighted by molar-refractivity contribution is 0.150. The molecule has 0 aliphatic carbocycles. The zero-order valence-electron chi connectivity index (χ0n) is 23.6. The van der Waals surface area contributed by atoms with Crippen molar-refractivity contribution in [2.45, 2.75) is 44.8 Å². The van der Waals surface area contributed by atoms with Gasteiger partial charge in [0.05, 0.1) is 24.0 Å². The van der Waals surface area contributed by atoms with Gasteiger partial charge in [-0.2, -0.15) is 10.2 Å². The number of ether oxygens (including phenoxy) is 1. The van der Waals surface area contributed by atoms with Gasteiger partial charge in [-0.15, -0.1) is 0 Å². The van der Waals surface area contributed by atoms with Crippen molar-refractivity contribution < 1.29 is 13.9 Å². The Hall–Kier alpha value is -4.02. The van der Waals surface area contributed by atoms with Crippen LogP contribution in [0, 0.1) is 19.7 Å². The number of aryl methyl sites for hydroxylation is 2. The van der Waals surface area contributed by atoms with Gasteiger partial charge in [-0.3, -0.25) is 14.9 Å². The molecule has 9 nitrogen and oxygen atoms in total. The quantitative estimate of drug-likeness (QED) is 0.325. The van der Waals surface area contributed by atoms with E-state index >= 15 is 0 Å². The Balaban J connectivity index is 1.44. The largest absolute Gasteiger partial charge is 0.385 e. The molecule has 10 heteroatoms. The number of likely N-dealkylation sites (tertiary alicyclic amines) is 1. The van der Waals surface area contributed by atoms with Crippen LogP contribution in [0.5, 0.6) is 0 Å². The topological polar surface area (TPSA) is 89.2 Å². The van der Waals surface area contributed by atoms with Gasteiger partial charge in [0.15, 0.2) is 0 Å². The molecule has 0 radical (unpaired) electrons. The SMILES string of the molecule is COCC[C@@H]1C[C@@H](NC(=O)Nc2c(C)c(-c3cnn(C)c3)nn2-c2ccccc2)[C@H](c2ccc(C)c(F)c2)N1C. The minimum Gasteiger partial charge on any atom is -0.385 e. The van der Waals surface area contributed by atoms with E-state index in [1.807, 2.05) is 63.6 Å². The fraction of sp³-hybridized carbons (Fsp3) is 0.367. The predicted octanol–water partition coefficient (Wildman–Crippen LogP) is 5.00. The van der Waals surface area contributed by atoms with Crippen LogP contribution in [0.4, 0.5) is 15.0 Å². The minimum atomic E-state index is -0.346. The smallest absolute Gasteiger partial charge is 0.320 e. The summed E-state index contributed by atoms with van der Waals surface area (Å²) < 4.78 is 23.4. The summed E-state index contributed by atoms with van der Waals surface area (Å²) in [4.78, 5) is 15.8. The zero-order chi connectivity index (χ0) is 28.4. The van der Waals surface area contributed by atoms with Crippen LogP contribution in [0.1, 0.15) is 35.6 Å². The summed E-state index contributed by atoms with van der Waals surface area (Å²) in [7, 11) is 5.56. The normalized spacial score (nSPS) is 19.2. The fourth-order valence-electron chi connectivity index (χ4n) is 5.60. The Bertz CT molecular complexity index is 1480. The summed E-state index contributed by atoms with van der Waals surface area (Å²) >= 11 is 0. The maximum atomic E-state index is 14.6. The number of nitrogens with zero attached hydrogens (tertiary/aromatic N) is 5. The van der Waals surface area contributed by atoms with Crippen molar-refractivity contribution in [3.05, 3.63) is 83.4 Å². The molecule has 5 rings (SSSR count). The first kappa shape index (κ1) is 27.5. The molecule has 40 heavy (non-hydrogen) atoms. The van der Waals surface area contributed by atoms with Gasteiger partial charge in [0.2, 0.25) is 0 Å². The van der Waals surface area contributed by atoms with Crippen LogP contribution < -0.4 is 10.6 Å². The third kappa shape index (κ3) is 5.50. The van der Waals surface area contributed by atoms with E-state index in [1.165, 1.54) is 0 Å². The summed E-state index contributed by atoms with van der Waals surface area (Å²) in [6, 6.07) is 14.4. The third-order valence-electron chi connectivity index (χ3n) is 7.76. The number of likely N-dealkylation sites (N-methyl/N-ethyl adjacent to an activating group) is 1. The lowest BCUT2D eigenvalue weighted by atomic mass is 9.98. The second-order valence-electron chi connectivity index (χ2n) is 10.5. The first-order valence-corrected chi connectivity index (χ1v) is 13.4. The van der Waals surface area contributed by atoms with E-state index in [0.717, 1.165) is 34.5 Å². The Labute approximate surface area is 233 Å². The maximum absolute atomic E-state index is 14.6. The number of methoxy groups -OCH3 is 1. The van der Waals surface area contributed by atoms with Crippen molar-refractivity contribution in [1.82, 2.24) is 29.8 Å². The van der Waals surface area contributed by atoms with Crippen molar-refractivity contribution in [2.75, 3.05) is 26.1 Å². The molecule has 0 spiro atoms. The third-order valence-corrected chi connectivity index (χ3v) is 7.76. The molecule has 2 aromatic heterocycles. The van der Waals surface area contributed by atoms with Crippen molar-refractivity contribution in [3.63, 3.8) is 0 Å². The van der Waals surface area contributed by atoms with Crippen LogP contribution in [0.25, 0.3) is 16.9 Å². The zero-order valence-corrected chi connectivity index (χ0v) is 23.6. The molecule has 0 unspecified atom stereocenters. The molecule has 1 fully saturated rings. The monoisotopic (exact) mass is 545 g/mol. The number of anilines is 1. The minimum absolute atomic E-state index is 0.174. The summed E-state index contributed by atoms with van der Waals surface area (Å²) in [6.07, 6.45) is 5.18. The van der Waals surface area contributed by atoms with E-state index < -0.39 is 0 Å². The lowest BCUT2D eigenvalue weighted by Crippen LogP contribution is -2.41. The molecule has 1 saturated heterocycles. The fourth-order valence-corrected chi connectivity index (χ4v) is 5.60. The van der Waals surface area contributed by atoms with Gasteiger partial charge in [-0.1, -0.05) is 30.3 Å². The maximum Gasteiger partial charge on any atom is 0.320 e. The predicted molar refractivity (Wildman–Crippen MR) is 153 cm³/mol. The Kier molecular flexibility index (Phi) is 7.99. The number of halogens is 1. The highest BCUT2D eigenvalue weighted by atomic mass is 19.1. The first-order chi connectivity index (χ1) is 19.3. The second-order valence-corrected chi connectivity index (χ2v) is 10.5. The number of benzene rings is 2. The summed E-state index contributed by atoms with van der Waals surface area (Å²) in [5, 5.41) is 15.4. The highest BCUT2D eigenvalue weighted by Crippen LogP contribution is 2.37. The number of para-hydroxylation sites is 1. The number of rotatable bonds is 8. The molecule has 2 amide bonds. The Morgan fingerprint density at radius 1 is 1.15 bits per heavy atom. The number of carbonyl (C=O) groups is 1. The molecule has 1 aliphatic heterocycles. The Morgan fingerprint density at radius 2 is 1.93 bits per heavy atom. The van der Waals surface area contributed by atoms with Crippen LogP contribution in [0.2, 0.25) is 0 Å². The van der Waals surface area contributed by atoms with Crippen LogP contribution in [0.15, 0.2) is 60.9 Å². The molecule has 3 heterocycles. The average molecular weight is 546 g/mol. The molecule has 4 aromatic rings. The molecule has 1 aliphatic rings. The van der Waals surface area contributed by atoms with E-state index in [9.17, 15) is 9.18 Å². The number of urea groups is 1. The van der Waals surface area contributed by atoms with Gasteiger partial charge < -0.3 is 10.1 Å². The van der Waals surface area contributed by atoms with Crippen molar-refractivity contribution in [1.29, 1.82) is 0 Å². The summed E-state index contributed by atoms with van der Waals surface area (Å²) in [5.74, 6) is 0.322. The van der Waals surface area contributed by atoms with Gasteiger partial charge in [0.1, 0.15) is 17.3 Å². The standard InChI is InChI=1S/C30H36FN7O2/c1-19-11-12-21(15-25(19)31)28-26(16-24(37(28)4)13-14-40-5)33-30(39)34-29-20(2)27(22-17-32-36(3)18-22)35-38(29)23-9-7-6-8-10-23/h6-12,15,17-18,24,26,28H,13-14,16H2,1-5H3,(H2,33,34,39)/t24-,26-,28+/m1/s1. The molecule has 2 N–H and O–H groups in total. The van der Waals surface area contributed by atoms with E-state index in [0.29, 0.717) is 24.4 Å². The number of amides is 2. The average Bonchev–Trinajstić information content (AvgIpc) is 3.60. The lowest BCUT2D eigenvalue weighted by Gasteiger charge is -2.28. The van der Waals surface area contributed by atoms with E-state index in [4.69, 9.17) is 9.84 Å². The number of hydrogen-bond donors (Lipinski definition) is 2. The second kappa shape index (κ2) is 11.6. The van der Waals surface area contributed by atoms with Gasteiger partial charge in [0.25, 0.3) is 0 Å². The molecular formula is C30H36FN7O2. The highest BCUT2D eigenvalue weighted by Gasteiger charge is 2.40. The molecule has 2 aromatic carbocycles. The van der Waals surface area contributed by atoms with Crippen molar-refractivity contribution in [2.24, 2.45) is 7.05 Å². The van der Waals surface area contributed by atoms with E-state index in [2.05, 4.69) is 20.6 Å². The van der Waals surface area contributed by atoms with Crippen LogP contribution in [-0.4, -0.2) is 63.3 Å². The van der Waals surface area contributed by atoms with Gasteiger partial charge in [-0.25, -0.2) is 13.9 Å². The van der Waals surface area contributed by atoms with Gasteiger partial charge in [-0.05, 0) is 63.1 Å². The summed E-state index contributed by atoms with van der Waals surface area (Å²) in [6.45, 7) is 4.29. The first-order valence-electron chi connectivity index (χ1n) is 13.4. The summed E-state index contributed by atoms with van der Waals surface area (Å²) in [5.41, 5.74) is 4.67. The van der Waals surface area contributed by atoms with Gasteiger partial charge in [0, 0.05) is 44.1 Å². The number of hydrogen-bond acceptors (Lipinski definition) is 5. The van der Waals surface area contributed by atoms with Crippen molar-refractivity contribution >= 4 is 11.8 Å². The van der Waals surface area contributed by atoms with E-state index in [-0.39, 0.29) is 30.0 Å². The molecule has 3 atom stereocenters. The molecule has 0 saturated carbocycles. The number of carbonyl (C=O) groups excluding carboxylic acids is 1. The molecule has 0 bridgehead atoms. The van der Waals surface area contributed by atoms with Crippen LogP contribution in [0.3, 0.4) is 0 Å².